The van der Waals surface area contributed by atoms with Crippen molar-refractivity contribution in [3.05, 3.63) is 40.4 Å². The number of aromatic nitrogens is 2. The number of nitrogens with two attached hydrogens (primary N) is 2. The van der Waals surface area contributed by atoms with E-state index in [-0.39, 0.29) is 5.95 Å². The van der Waals surface area contributed by atoms with E-state index in [9.17, 15) is 0 Å². The minimum atomic E-state index is 0.168. The molecule has 0 aliphatic heterocycles. The SMILES string of the molecule is Nc1cc(NCc2cccc(Br)c2)nc(N)n1. The van der Waals surface area contributed by atoms with E-state index in [0.29, 0.717) is 18.2 Å². The summed E-state index contributed by atoms with van der Waals surface area (Å²) in [5.41, 5.74) is 12.2. The minimum absolute atomic E-state index is 0.168. The van der Waals surface area contributed by atoms with Crippen LogP contribution in [0.3, 0.4) is 0 Å². The summed E-state index contributed by atoms with van der Waals surface area (Å²) in [5, 5.41) is 3.14. The summed E-state index contributed by atoms with van der Waals surface area (Å²) in [4.78, 5) is 7.84. The molecule has 0 fully saturated rings. The monoisotopic (exact) mass is 293 g/mol. The molecular weight excluding hydrogens is 282 g/mol. The predicted molar refractivity (Wildman–Crippen MR) is 72.3 cm³/mol. The Labute approximate surface area is 107 Å². The summed E-state index contributed by atoms with van der Waals surface area (Å²) < 4.78 is 1.04. The van der Waals surface area contributed by atoms with E-state index in [1.165, 1.54) is 0 Å². The lowest BCUT2D eigenvalue weighted by Gasteiger charge is -2.07. The molecule has 5 N–H and O–H groups in total. The molecule has 0 saturated heterocycles. The fourth-order valence-corrected chi connectivity index (χ4v) is 1.86. The quantitative estimate of drug-likeness (QED) is 0.805. The molecule has 1 heterocycles. The Morgan fingerprint density at radius 1 is 1.18 bits per heavy atom. The van der Waals surface area contributed by atoms with Gasteiger partial charge in [-0.15, -0.1) is 0 Å². The molecule has 88 valence electrons. The van der Waals surface area contributed by atoms with Crippen molar-refractivity contribution in [3.63, 3.8) is 0 Å². The lowest BCUT2D eigenvalue weighted by molar-refractivity contribution is 1.09. The van der Waals surface area contributed by atoms with Crippen LogP contribution in [0.2, 0.25) is 0 Å². The topological polar surface area (TPSA) is 89.8 Å². The molecule has 0 saturated carbocycles. The van der Waals surface area contributed by atoms with Gasteiger partial charge in [-0.05, 0) is 17.7 Å². The third-order valence-corrected chi connectivity index (χ3v) is 2.62. The number of hydrogen-bond donors (Lipinski definition) is 3. The average molecular weight is 294 g/mol. The molecular formula is C11H12BrN5. The van der Waals surface area contributed by atoms with Crippen molar-refractivity contribution in [2.45, 2.75) is 6.54 Å². The van der Waals surface area contributed by atoms with Gasteiger partial charge in [-0.25, -0.2) is 0 Å². The van der Waals surface area contributed by atoms with Crippen molar-refractivity contribution >= 4 is 33.5 Å². The number of hydrogen-bond acceptors (Lipinski definition) is 5. The van der Waals surface area contributed by atoms with Crippen LogP contribution >= 0.6 is 15.9 Å². The largest absolute Gasteiger partial charge is 0.383 e. The van der Waals surface area contributed by atoms with Crippen LogP contribution in [-0.2, 0) is 6.54 Å². The van der Waals surface area contributed by atoms with Gasteiger partial charge in [-0.3, -0.25) is 0 Å². The van der Waals surface area contributed by atoms with Gasteiger partial charge in [0.1, 0.15) is 11.6 Å². The average Bonchev–Trinajstić information content (AvgIpc) is 2.25. The fraction of sp³-hybridized carbons (Fsp3) is 0.0909. The number of anilines is 3. The number of nitrogen functional groups attached to an aromatic ring is 2. The van der Waals surface area contributed by atoms with Crippen LogP contribution in [0, 0.1) is 0 Å². The van der Waals surface area contributed by atoms with E-state index < -0.39 is 0 Å². The zero-order valence-electron chi connectivity index (χ0n) is 9.02. The second-order valence-corrected chi connectivity index (χ2v) is 4.44. The molecule has 0 spiro atoms. The Morgan fingerprint density at radius 2 is 2.00 bits per heavy atom. The van der Waals surface area contributed by atoms with Crippen LogP contribution < -0.4 is 16.8 Å². The number of benzene rings is 1. The number of rotatable bonds is 3. The van der Waals surface area contributed by atoms with Gasteiger partial charge in [0.25, 0.3) is 0 Å². The molecule has 5 nitrogen and oxygen atoms in total. The van der Waals surface area contributed by atoms with Gasteiger partial charge < -0.3 is 16.8 Å². The van der Waals surface area contributed by atoms with E-state index in [2.05, 4.69) is 31.2 Å². The summed E-state index contributed by atoms with van der Waals surface area (Å²) in [7, 11) is 0. The molecule has 1 aromatic carbocycles. The van der Waals surface area contributed by atoms with Crippen molar-refractivity contribution in [1.82, 2.24) is 9.97 Å². The second kappa shape index (κ2) is 5.01. The lowest BCUT2D eigenvalue weighted by Crippen LogP contribution is -2.06. The van der Waals surface area contributed by atoms with Gasteiger partial charge in [-0.2, -0.15) is 9.97 Å². The van der Waals surface area contributed by atoms with Crippen molar-refractivity contribution < 1.29 is 0 Å². The van der Waals surface area contributed by atoms with Gasteiger partial charge in [0.2, 0.25) is 5.95 Å². The van der Waals surface area contributed by atoms with Crippen molar-refractivity contribution in [1.29, 1.82) is 0 Å². The maximum Gasteiger partial charge on any atom is 0.223 e. The lowest BCUT2D eigenvalue weighted by atomic mass is 10.2. The molecule has 2 rings (SSSR count). The summed E-state index contributed by atoms with van der Waals surface area (Å²) in [6.45, 7) is 0.648. The zero-order chi connectivity index (χ0) is 12.3. The summed E-state index contributed by atoms with van der Waals surface area (Å²) in [6.07, 6.45) is 0. The minimum Gasteiger partial charge on any atom is -0.383 e. The molecule has 0 atom stereocenters. The van der Waals surface area contributed by atoms with Crippen LogP contribution in [0.4, 0.5) is 17.6 Å². The molecule has 6 heteroatoms. The summed E-state index contributed by atoms with van der Waals surface area (Å²) in [5.74, 6) is 1.14. The Bertz CT molecular complexity index is 509. The number of halogens is 1. The fourth-order valence-electron chi connectivity index (χ4n) is 1.42. The molecule has 1 aromatic heterocycles. The first-order chi connectivity index (χ1) is 8.13. The molecule has 0 radical (unpaired) electrons. The third-order valence-electron chi connectivity index (χ3n) is 2.13. The first-order valence-corrected chi connectivity index (χ1v) is 5.81. The highest BCUT2D eigenvalue weighted by molar-refractivity contribution is 9.10. The zero-order valence-corrected chi connectivity index (χ0v) is 10.6. The number of nitrogens with zero attached hydrogens (tertiary/aromatic N) is 2. The molecule has 17 heavy (non-hydrogen) atoms. The van der Waals surface area contributed by atoms with Crippen molar-refractivity contribution in [2.75, 3.05) is 16.8 Å². The maximum atomic E-state index is 5.57. The van der Waals surface area contributed by atoms with Crippen LogP contribution in [0.1, 0.15) is 5.56 Å². The highest BCUT2D eigenvalue weighted by atomic mass is 79.9. The Kier molecular flexibility index (Phi) is 3.43. The van der Waals surface area contributed by atoms with Crippen LogP contribution in [0.25, 0.3) is 0 Å². The van der Waals surface area contributed by atoms with Crippen molar-refractivity contribution in [3.8, 4) is 0 Å². The van der Waals surface area contributed by atoms with Gasteiger partial charge in [-0.1, -0.05) is 28.1 Å². The Morgan fingerprint density at radius 3 is 2.71 bits per heavy atom. The van der Waals surface area contributed by atoms with E-state index in [1.807, 2.05) is 24.3 Å². The van der Waals surface area contributed by atoms with E-state index in [1.54, 1.807) is 6.07 Å². The Balaban J connectivity index is 2.07. The standard InChI is InChI=1S/C11H12BrN5/c12-8-3-1-2-7(4-8)6-15-10-5-9(13)16-11(14)17-10/h1-5H,6H2,(H5,13,14,15,16,17). The van der Waals surface area contributed by atoms with Gasteiger partial charge in [0, 0.05) is 17.1 Å². The molecule has 0 bridgehead atoms. The normalized spacial score (nSPS) is 10.2. The smallest absolute Gasteiger partial charge is 0.223 e. The number of nitrogens with one attached hydrogen (secondary N) is 1. The van der Waals surface area contributed by atoms with Gasteiger partial charge in [0.05, 0.1) is 0 Å². The summed E-state index contributed by atoms with van der Waals surface area (Å²) >= 11 is 3.42. The summed E-state index contributed by atoms with van der Waals surface area (Å²) in [6, 6.07) is 9.65. The van der Waals surface area contributed by atoms with Crippen LogP contribution in [0.15, 0.2) is 34.8 Å². The Hall–Kier alpha value is -1.82. The molecule has 0 aliphatic carbocycles. The third kappa shape index (κ3) is 3.32. The highest BCUT2D eigenvalue weighted by Gasteiger charge is 2.00. The molecule has 0 amide bonds. The highest BCUT2D eigenvalue weighted by Crippen LogP contribution is 2.14. The van der Waals surface area contributed by atoms with Crippen molar-refractivity contribution in [2.24, 2.45) is 0 Å². The van der Waals surface area contributed by atoms with E-state index in [4.69, 9.17) is 11.5 Å². The van der Waals surface area contributed by atoms with Crippen LogP contribution in [0.5, 0.6) is 0 Å². The van der Waals surface area contributed by atoms with E-state index in [0.717, 1.165) is 10.0 Å². The van der Waals surface area contributed by atoms with E-state index >= 15 is 0 Å². The van der Waals surface area contributed by atoms with Gasteiger partial charge in [0.15, 0.2) is 0 Å². The van der Waals surface area contributed by atoms with Crippen LogP contribution in [-0.4, -0.2) is 9.97 Å². The van der Waals surface area contributed by atoms with Gasteiger partial charge >= 0.3 is 0 Å². The molecule has 0 aliphatic rings. The predicted octanol–water partition coefficient (Wildman–Crippen LogP) is 2.02. The first kappa shape index (κ1) is 11.7. The first-order valence-electron chi connectivity index (χ1n) is 5.02. The maximum absolute atomic E-state index is 5.57. The second-order valence-electron chi connectivity index (χ2n) is 3.52. The molecule has 0 unspecified atom stereocenters. The molecule has 2 aromatic rings.